The van der Waals surface area contributed by atoms with Gasteiger partial charge in [-0.2, -0.15) is 5.10 Å². The normalized spacial score (nSPS) is 14.8. The first-order chi connectivity index (χ1) is 13.3. The quantitative estimate of drug-likeness (QED) is 0.276. The number of ether oxygens (including phenoxy) is 1. The molecule has 4 N–H and O–H groups in total. The molecule has 1 aromatic carbocycles. The van der Waals surface area contributed by atoms with Crippen LogP contribution in [-0.4, -0.2) is 17.6 Å². The van der Waals surface area contributed by atoms with Gasteiger partial charge in [0.1, 0.15) is 11.5 Å². The minimum Gasteiger partial charge on any atom is -0.453 e. The number of nitrogens with zero attached hydrogens (tertiary/aromatic N) is 2. The number of hydrogen-bond donors (Lipinski definition) is 2. The molecule has 0 saturated carbocycles. The molecule has 28 heavy (non-hydrogen) atoms. The molecule has 148 valence electrons. The topological polar surface area (TPSA) is 116 Å². The predicted octanol–water partition coefficient (Wildman–Crippen LogP) is 3.55. The lowest BCUT2D eigenvalue weighted by molar-refractivity contribution is 0.0696. The third-order valence-electron chi connectivity index (χ3n) is 4.79. The third kappa shape index (κ3) is 3.93. The van der Waals surface area contributed by atoms with E-state index in [0.29, 0.717) is 29.2 Å². The van der Waals surface area contributed by atoms with Crippen LogP contribution in [0.1, 0.15) is 71.2 Å². The molecule has 0 amide bonds. The molecule has 0 aliphatic heterocycles. The van der Waals surface area contributed by atoms with Gasteiger partial charge in [-0.25, -0.2) is 4.79 Å². The van der Waals surface area contributed by atoms with E-state index in [2.05, 4.69) is 24.1 Å². The number of carbonyl (C=O) groups is 1. The van der Waals surface area contributed by atoms with E-state index in [1.165, 1.54) is 0 Å². The maximum absolute atomic E-state index is 12.9. The number of benzene rings is 1. The van der Waals surface area contributed by atoms with Crippen LogP contribution in [0, 0.1) is 13.8 Å². The monoisotopic (exact) mass is 382 g/mol. The number of hydrogen-bond acceptors (Lipinski definition) is 5. The smallest absolute Gasteiger partial charge is 0.379 e. The van der Waals surface area contributed by atoms with Gasteiger partial charge in [0.2, 0.25) is 11.7 Å². The Bertz CT molecular complexity index is 966. The lowest BCUT2D eigenvalue weighted by Gasteiger charge is -2.13. The summed E-state index contributed by atoms with van der Waals surface area (Å²) in [6.45, 7) is 7.91. The van der Waals surface area contributed by atoms with Crippen molar-refractivity contribution in [3.63, 3.8) is 0 Å². The van der Waals surface area contributed by atoms with Crippen molar-refractivity contribution in [2.24, 2.45) is 21.7 Å². The largest absolute Gasteiger partial charge is 0.453 e. The summed E-state index contributed by atoms with van der Waals surface area (Å²) >= 11 is 0. The fourth-order valence-electron chi connectivity index (χ4n) is 3.43. The average Bonchev–Trinajstić information content (AvgIpc) is 2.97. The molecular formula is C21H26N4O3. The number of fused-ring (bicyclic) bond motifs is 1. The van der Waals surface area contributed by atoms with Crippen molar-refractivity contribution in [2.45, 2.75) is 52.9 Å². The van der Waals surface area contributed by atoms with Crippen molar-refractivity contribution in [2.75, 3.05) is 0 Å². The van der Waals surface area contributed by atoms with E-state index in [9.17, 15) is 4.79 Å². The van der Waals surface area contributed by atoms with Crippen LogP contribution >= 0.6 is 0 Å². The van der Waals surface area contributed by atoms with Crippen molar-refractivity contribution in [3.8, 4) is 5.75 Å². The summed E-state index contributed by atoms with van der Waals surface area (Å²) < 4.78 is 11.6. The predicted molar refractivity (Wildman–Crippen MR) is 109 cm³/mol. The van der Waals surface area contributed by atoms with Gasteiger partial charge in [-0.3, -0.25) is 0 Å². The summed E-state index contributed by atoms with van der Waals surface area (Å²) in [5.41, 5.74) is 15.0. The van der Waals surface area contributed by atoms with E-state index in [4.69, 9.17) is 20.6 Å². The second-order valence-electron chi connectivity index (χ2n) is 7.36. The van der Waals surface area contributed by atoms with E-state index in [-0.39, 0.29) is 17.6 Å². The van der Waals surface area contributed by atoms with Crippen LogP contribution in [0.3, 0.4) is 0 Å². The van der Waals surface area contributed by atoms with Gasteiger partial charge >= 0.3 is 5.97 Å². The maximum Gasteiger partial charge on any atom is 0.379 e. The van der Waals surface area contributed by atoms with Crippen LogP contribution in [0.4, 0.5) is 0 Å². The zero-order valence-electron chi connectivity index (χ0n) is 16.7. The molecule has 0 spiro atoms. The second-order valence-corrected chi connectivity index (χ2v) is 7.36. The third-order valence-corrected chi connectivity index (χ3v) is 4.79. The number of rotatable bonds is 4. The molecule has 0 unspecified atom stereocenters. The highest BCUT2D eigenvalue weighted by molar-refractivity contribution is 6.06. The van der Waals surface area contributed by atoms with Crippen molar-refractivity contribution < 1.29 is 13.9 Å². The van der Waals surface area contributed by atoms with Gasteiger partial charge < -0.3 is 20.6 Å². The van der Waals surface area contributed by atoms with Gasteiger partial charge in [-0.15, -0.1) is 5.10 Å². The van der Waals surface area contributed by atoms with Gasteiger partial charge in [-0.1, -0.05) is 26.0 Å². The number of furan rings is 1. The van der Waals surface area contributed by atoms with E-state index in [1.54, 1.807) is 0 Å². The van der Waals surface area contributed by atoms with Crippen molar-refractivity contribution in [3.05, 3.63) is 52.0 Å². The van der Waals surface area contributed by atoms with E-state index >= 15 is 0 Å². The first kappa shape index (κ1) is 19.7. The van der Waals surface area contributed by atoms with Gasteiger partial charge in [0.15, 0.2) is 0 Å². The highest BCUT2D eigenvalue weighted by Crippen LogP contribution is 2.32. The Balaban J connectivity index is 1.96. The Labute approximate surface area is 164 Å². The zero-order valence-corrected chi connectivity index (χ0v) is 16.7. The summed E-state index contributed by atoms with van der Waals surface area (Å²) in [5.74, 6) is 1.08. The fourth-order valence-corrected chi connectivity index (χ4v) is 3.43. The van der Waals surface area contributed by atoms with Gasteiger partial charge in [-0.05, 0) is 49.8 Å². The Morgan fingerprint density at radius 1 is 1.21 bits per heavy atom. The number of carbonyl (C=O) groups excluding carboxylic acids is 1. The molecule has 2 aromatic rings. The molecule has 0 radical (unpaired) electrons. The molecular weight excluding hydrogens is 356 g/mol. The highest BCUT2D eigenvalue weighted by atomic mass is 16.5. The Kier molecular flexibility index (Phi) is 5.53. The van der Waals surface area contributed by atoms with Crippen molar-refractivity contribution in [1.82, 2.24) is 0 Å². The van der Waals surface area contributed by atoms with Crippen molar-refractivity contribution in [1.29, 1.82) is 0 Å². The summed E-state index contributed by atoms with van der Waals surface area (Å²) in [6.07, 6.45) is 2.29. The minimum atomic E-state index is -0.513. The average molecular weight is 382 g/mol. The van der Waals surface area contributed by atoms with E-state index in [1.807, 2.05) is 32.0 Å². The van der Waals surface area contributed by atoms with E-state index in [0.717, 1.165) is 29.5 Å². The Hall–Kier alpha value is -3.09. The number of guanidine groups is 1. The number of nitrogens with two attached hydrogens (primary N) is 2. The first-order valence-corrected chi connectivity index (χ1v) is 9.38. The fraction of sp³-hybridized carbons (Fsp3) is 0.381. The van der Waals surface area contributed by atoms with Gasteiger partial charge in [0.05, 0.1) is 5.71 Å². The Morgan fingerprint density at radius 3 is 2.64 bits per heavy atom. The Morgan fingerprint density at radius 2 is 1.96 bits per heavy atom. The molecule has 0 fully saturated rings. The minimum absolute atomic E-state index is 0.110. The van der Waals surface area contributed by atoms with Crippen LogP contribution in [0.15, 0.2) is 32.8 Å². The van der Waals surface area contributed by atoms with Crippen LogP contribution in [-0.2, 0) is 6.42 Å². The standard InChI is InChI=1S/C21H26N4O3/c1-11(2)14-9-8-12(3)10-17(14)28-20(26)19-13(4)18-15(24-25-21(22)23)6-5-7-16(18)27-19/h8-11H,5-7H2,1-4H3,(H4,22,23,25)/b24-15+. The molecule has 7 nitrogen and oxygen atoms in total. The first-order valence-electron chi connectivity index (χ1n) is 9.38. The zero-order chi connectivity index (χ0) is 20.4. The number of aryl methyl sites for hydroxylation is 2. The second kappa shape index (κ2) is 7.88. The molecule has 1 aromatic heterocycles. The maximum atomic E-state index is 12.9. The molecule has 0 saturated heterocycles. The molecule has 0 atom stereocenters. The summed E-state index contributed by atoms with van der Waals surface area (Å²) in [6, 6.07) is 5.87. The van der Waals surface area contributed by atoms with Gasteiger partial charge in [0.25, 0.3) is 0 Å². The molecule has 7 heteroatoms. The molecule has 1 aliphatic carbocycles. The van der Waals surface area contributed by atoms with Crippen LogP contribution in [0.2, 0.25) is 0 Å². The molecule has 1 heterocycles. The van der Waals surface area contributed by atoms with Crippen molar-refractivity contribution >= 4 is 17.6 Å². The summed E-state index contributed by atoms with van der Waals surface area (Å²) in [5, 5.41) is 7.89. The van der Waals surface area contributed by atoms with Crippen LogP contribution < -0.4 is 16.2 Å². The van der Waals surface area contributed by atoms with E-state index < -0.39 is 5.97 Å². The lowest BCUT2D eigenvalue weighted by atomic mass is 9.93. The summed E-state index contributed by atoms with van der Waals surface area (Å²) in [7, 11) is 0. The highest BCUT2D eigenvalue weighted by Gasteiger charge is 2.29. The molecule has 0 bridgehead atoms. The van der Waals surface area contributed by atoms with Crippen LogP contribution in [0.5, 0.6) is 5.75 Å². The number of esters is 1. The lowest BCUT2D eigenvalue weighted by Crippen LogP contribution is -2.22. The molecule has 1 aliphatic rings. The SMILES string of the molecule is Cc1ccc(C(C)C)c(OC(=O)c2oc3c(c2C)/C(=N/N=C(N)N)CCC3)c1. The van der Waals surface area contributed by atoms with Crippen LogP contribution in [0.25, 0.3) is 0 Å². The summed E-state index contributed by atoms with van der Waals surface area (Å²) in [4.78, 5) is 12.9. The molecule has 3 rings (SSSR count). The van der Waals surface area contributed by atoms with Gasteiger partial charge in [0, 0.05) is 17.5 Å².